The van der Waals surface area contributed by atoms with Gasteiger partial charge in [0.1, 0.15) is 22.8 Å². The van der Waals surface area contributed by atoms with Crippen LogP contribution in [-0.4, -0.2) is 16.2 Å². The number of rotatable bonds is 3. The molecule has 4 heteroatoms. The summed E-state index contributed by atoms with van der Waals surface area (Å²) in [7, 11) is 0. The van der Waals surface area contributed by atoms with Gasteiger partial charge in [0.15, 0.2) is 0 Å². The normalized spacial score (nSPS) is 10.1. The lowest BCUT2D eigenvalue weighted by Gasteiger charge is -2.07. The Kier molecular flexibility index (Phi) is 3.19. The van der Waals surface area contributed by atoms with Crippen molar-refractivity contribution < 1.29 is 19.7 Å². The van der Waals surface area contributed by atoms with E-state index in [4.69, 9.17) is 9.84 Å². The van der Waals surface area contributed by atoms with Crippen molar-refractivity contribution in [2.75, 3.05) is 0 Å². The molecule has 0 radical (unpaired) electrons. The molecule has 0 aromatic heterocycles. The van der Waals surface area contributed by atoms with E-state index >= 15 is 0 Å². The third-order valence-electron chi connectivity index (χ3n) is 2.46. The van der Waals surface area contributed by atoms with E-state index in [1.54, 1.807) is 12.1 Å². The monoisotopic (exact) mass is 244 g/mol. The van der Waals surface area contributed by atoms with Crippen LogP contribution in [0.1, 0.15) is 15.9 Å². The van der Waals surface area contributed by atoms with Gasteiger partial charge in [0, 0.05) is 0 Å². The number of hydrogen-bond acceptors (Lipinski definition) is 3. The molecule has 2 aromatic carbocycles. The lowest BCUT2D eigenvalue weighted by molar-refractivity contribution is 0.0693. The van der Waals surface area contributed by atoms with E-state index in [9.17, 15) is 9.90 Å². The van der Waals surface area contributed by atoms with Crippen molar-refractivity contribution in [2.24, 2.45) is 0 Å². The predicted octanol–water partition coefficient (Wildman–Crippen LogP) is 3.19. The van der Waals surface area contributed by atoms with Gasteiger partial charge in [0.05, 0.1) is 0 Å². The van der Waals surface area contributed by atoms with Crippen LogP contribution in [0, 0.1) is 6.92 Å². The second-order valence-electron chi connectivity index (χ2n) is 3.90. The Bertz CT molecular complexity index is 573. The minimum atomic E-state index is -1.19. The van der Waals surface area contributed by atoms with Gasteiger partial charge in [-0.3, -0.25) is 0 Å². The summed E-state index contributed by atoms with van der Waals surface area (Å²) in [5, 5.41) is 18.2. The van der Waals surface area contributed by atoms with E-state index in [2.05, 4.69) is 0 Å². The van der Waals surface area contributed by atoms with Gasteiger partial charge >= 0.3 is 5.97 Å². The number of carboxylic acid groups (broad SMARTS) is 1. The van der Waals surface area contributed by atoms with Gasteiger partial charge in [-0.25, -0.2) is 4.79 Å². The minimum Gasteiger partial charge on any atom is -0.507 e. The first-order chi connectivity index (χ1) is 8.56. The average Bonchev–Trinajstić information content (AvgIpc) is 2.34. The Morgan fingerprint density at radius 2 is 1.67 bits per heavy atom. The number of aromatic hydroxyl groups is 1. The maximum Gasteiger partial charge on any atom is 0.339 e. The summed E-state index contributed by atoms with van der Waals surface area (Å²) in [5.41, 5.74) is 0.930. The Hall–Kier alpha value is -2.49. The zero-order valence-electron chi connectivity index (χ0n) is 9.75. The number of hydrogen-bond donors (Lipinski definition) is 2. The topological polar surface area (TPSA) is 66.8 Å². The fourth-order valence-corrected chi connectivity index (χ4v) is 1.49. The lowest BCUT2D eigenvalue weighted by Crippen LogP contribution is -1.97. The second-order valence-corrected chi connectivity index (χ2v) is 3.90. The first-order valence-corrected chi connectivity index (χ1v) is 5.37. The molecule has 0 unspecified atom stereocenters. The summed E-state index contributed by atoms with van der Waals surface area (Å²) in [4.78, 5) is 10.9. The Labute approximate surface area is 104 Å². The largest absolute Gasteiger partial charge is 0.507 e. The number of phenols is 1. The zero-order valence-corrected chi connectivity index (χ0v) is 9.75. The van der Waals surface area contributed by atoms with Crippen molar-refractivity contribution >= 4 is 5.97 Å². The van der Waals surface area contributed by atoms with Crippen LogP contribution >= 0.6 is 0 Å². The van der Waals surface area contributed by atoms with Crippen LogP contribution < -0.4 is 4.74 Å². The Balaban J connectivity index is 2.27. The molecule has 0 spiro atoms. The van der Waals surface area contributed by atoms with E-state index in [1.165, 1.54) is 18.2 Å². The lowest BCUT2D eigenvalue weighted by atomic mass is 10.2. The van der Waals surface area contributed by atoms with Crippen LogP contribution in [0.15, 0.2) is 42.5 Å². The van der Waals surface area contributed by atoms with Gasteiger partial charge in [-0.1, -0.05) is 17.7 Å². The molecule has 0 fully saturated rings. The van der Waals surface area contributed by atoms with Gasteiger partial charge in [0.2, 0.25) is 0 Å². The van der Waals surface area contributed by atoms with Crippen LogP contribution in [-0.2, 0) is 0 Å². The van der Waals surface area contributed by atoms with Crippen LogP contribution in [0.5, 0.6) is 17.2 Å². The molecule has 0 amide bonds. The maximum absolute atomic E-state index is 10.9. The highest BCUT2D eigenvalue weighted by atomic mass is 16.5. The summed E-state index contributed by atoms with van der Waals surface area (Å²) < 4.78 is 5.50. The fraction of sp³-hybridized carbons (Fsp3) is 0.0714. The smallest absolute Gasteiger partial charge is 0.339 e. The molecule has 0 heterocycles. The summed E-state index contributed by atoms with van der Waals surface area (Å²) in [6.45, 7) is 1.97. The second kappa shape index (κ2) is 4.79. The van der Waals surface area contributed by atoms with E-state index in [1.807, 2.05) is 19.1 Å². The van der Waals surface area contributed by atoms with Crippen molar-refractivity contribution in [3.8, 4) is 17.2 Å². The molecule has 18 heavy (non-hydrogen) atoms. The molecular formula is C14H12O4. The van der Waals surface area contributed by atoms with Crippen LogP contribution in [0.4, 0.5) is 0 Å². The third-order valence-corrected chi connectivity index (χ3v) is 2.46. The average molecular weight is 244 g/mol. The van der Waals surface area contributed by atoms with E-state index in [-0.39, 0.29) is 11.3 Å². The molecule has 4 nitrogen and oxygen atoms in total. The molecule has 0 saturated carbocycles. The summed E-state index contributed by atoms with van der Waals surface area (Å²) >= 11 is 0. The number of carbonyl (C=O) groups is 1. The van der Waals surface area contributed by atoms with Crippen molar-refractivity contribution in [3.63, 3.8) is 0 Å². The highest BCUT2D eigenvalue weighted by Crippen LogP contribution is 2.27. The minimum absolute atomic E-state index is 0.181. The molecule has 0 bridgehead atoms. The van der Waals surface area contributed by atoms with Crippen LogP contribution in [0.2, 0.25) is 0 Å². The molecule has 0 aliphatic heterocycles. The molecule has 0 aliphatic carbocycles. The summed E-state index contributed by atoms with van der Waals surface area (Å²) in [6.07, 6.45) is 0. The van der Waals surface area contributed by atoms with Gasteiger partial charge in [-0.05, 0) is 37.3 Å². The Morgan fingerprint density at radius 3 is 2.28 bits per heavy atom. The zero-order chi connectivity index (χ0) is 13.1. The molecule has 0 aliphatic rings. The van der Waals surface area contributed by atoms with Crippen molar-refractivity contribution in [1.29, 1.82) is 0 Å². The third kappa shape index (κ3) is 2.60. The molecule has 0 atom stereocenters. The summed E-state index contributed by atoms with van der Waals surface area (Å²) in [6, 6.07) is 11.5. The van der Waals surface area contributed by atoms with Gasteiger partial charge in [-0.2, -0.15) is 0 Å². The van der Waals surface area contributed by atoms with E-state index < -0.39 is 5.97 Å². The van der Waals surface area contributed by atoms with Crippen molar-refractivity contribution in [2.45, 2.75) is 6.92 Å². The standard InChI is InChI=1S/C14H12O4/c1-9-2-4-10(5-3-9)18-11-6-7-13(15)12(8-11)14(16)17/h2-8,15H,1H3,(H,16,17). The highest BCUT2D eigenvalue weighted by molar-refractivity contribution is 5.91. The fourth-order valence-electron chi connectivity index (χ4n) is 1.49. The van der Waals surface area contributed by atoms with E-state index in [0.29, 0.717) is 11.5 Å². The molecule has 2 aromatic rings. The van der Waals surface area contributed by atoms with Crippen LogP contribution in [0.25, 0.3) is 0 Å². The first kappa shape index (κ1) is 12.0. The van der Waals surface area contributed by atoms with Crippen molar-refractivity contribution in [1.82, 2.24) is 0 Å². The molecule has 2 N–H and O–H groups in total. The molecular weight excluding hydrogens is 232 g/mol. The predicted molar refractivity (Wildman–Crippen MR) is 66.3 cm³/mol. The summed E-state index contributed by atoms with van der Waals surface area (Å²) in [5.74, 6) is -0.489. The quantitative estimate of drug-likeness (QED) is 0.870. The maximum atomic E-state index is 10.9. The first-order valence-electron chi connectivity index (χ1n) is 5.37. The van der Waals surface area contributed by atoms with Crippen LogP contribution in [0.3, 0.4) is 0 Å². The van der Waals surface area contributed by atoms with E-state index in [0.717, 1.165) is 5.56 Å². The van der Waals surface area contributed by atoms with Gasteiger partial charge in [0.25, 0.3) is 0 Å². The highest BCUT2D eigenvalue weighted by Gasteiger charge is 2.11. The van der Waals surface area contributed by atoms with Crippen molar-refractivity contribution in [3.05, 3.63) is 53.6 Å². The number of aromatic carboxylic acids is 1. The van der Waals surface area contributed by atoms with Gasteiger partial charge in [-0.15, -0.1) is 0 Å². The Morgan fingerprint density at radius 1 is 1.06 bits per heavy atom. The SMILES string of the molecule is Cc1ccc(Oc2ccc(O)c(C(=O)O)c2)cc1. The molecule has 0 saturated heterocycles. The van der Waals surface area contributed by atoms with Gasteiger partial charge < -0.3 is 14.9 Å². The number of carboxylic acids is 1. The number of aryl methyl sites for hydroxylation is 1. The number of ether oxygens (including phenoxy) is 1. The molecule has 92 valence electrons. The number of benzene rings is 2. The molecule has 2 rings (SSSR count).